The molecule has 2 unspecified atom stereocenters. The number of carbonyl (C=O) groups is 2. The van der Waals surface area contributed by atoms with E-state index in [-0.39, 0.29) is 23.1 Å². The van der Waals surface area contributed by atoms with E-state index in [1.807, 2.05) is 31.2 Å². The van der Waals surface area contributed by atoms with Gasteiger partial charge in [-0.05, 0) is 156 Å². The van der Waals surface area contributed by atoms with Gasteiger partial charge in [-0.15, -0.1) is 11.6 Å². The predicted molar refractivity (Wildman–Crippen MR) is 217 cm³/mol. The first kappa shape index (κ1) is 48.2. The zero-order valence-electron chi connectivity index (χ0n) is 29.3. The highest BCUT2D eigenvalue weighted by atomic mass is 36.0. The van der Waals surface area contributed by atoms with Crippen molar-refractivity contribution in [1.29, 1.82) is 0 Å². The third-order valence-electron chi connectivity index (χ3n) is 6.08. The van der Waals surface area contributed by atoms with Crippen LogP contribution < -0.4 is 0 Å². The van der Waals surface area contributed by atoms with E-state index in [1.54, 1.807) is 92.9 Å². The van der Waals surface area contributed by atoms with Gasteiger partial charge < -0.3 is 5.11 Å². The lowest BCUT2D eigenvalue weighted by Crippen LogP contribution is -1.89. The molecule has 6 aromatic rings. The summed E-state index contributed by atoms with van der Waals surface area (Å²) in [5.41, 5.74) is 4.88. The van der Waals surface area contributed by atoms with Crippen LogP contribution in [-0.2, 0) is 4.57 Å². The molecule has 4 aromatic heterocycles. The maximum Gasteiger partial charge on any atom is 0.339 e. The number of benzene rings is 2. The summed E-state index contributed by atoms with van der Waals surface area (Å²) in [4.78, 5) is 35.3. The van der Waals surface area contributed by atoms with Gasteiger partial charge in [0.1, 0.15) is 24.2 Å². The molecule has 0 spiro atoms. The van der Waals surface area contributed by atoms with Crippen molar-refractivity contribution in [3.05, 3.63) is 192 Å². The molecule has 0 bridgehead atoms. The van der Waals surface area contributed by atoms with Crippen LogP contribution in [0.3, 0.4) is 0 Å². The van der Waals surface area contributed by atoms with Gasteiger partial charge >= 0.3 is 5.20 Å². The van der Waals surface area contributed by atoms with E-state index >= 15 is 0 Å². The summed E-state index contributed by atoms with van der Waals surface area (Å²) >= 11 is 19.6. The Morgan fingerprint density at radius 1 is 0.564 bits per heavy atom. The fourth-order valence-electron chi connectivity index (χ4n) is 3.37. The van der Waals surface area contributed by atoms with Crippen LogP contribution in [-0.4, -0.2) is 37.6 Å². The van der Waals surface area contributed by atoms with Crippen LogP contribution in [0.4, 0.5) is 8.78 Å². The summed E-state index contributed by atoms with van der Waals surface area (Å²) in [7, 11) is 0. The Bertz CT molecular complexity index is 1970. The minimum Gasteiger partial charge on any atom is -0.389 e. The number of alkyl halides is 1. The molecule has 0 saturated carbocycles. The third-order valence-corrected chi connectivity index (χ3v) is 6.33. The number of rotatable bonds is 4. The van der Waals surface area contributed by atoms with Crippen LogP contribution in [0.15, 0.2) is 147 Å². The number of aliphatic hydroxyl groups is 1. The highest BCUT2D eigenvalue weighted by Crippen LogP contribution is 2.61. The number of hydrogen-bond donors (Lipinski definition) is 1. The molecule has 2 atom stereocenters. The summed E-state index contributed by atoms with van der Waals surface area (Å²) in [5.74, 6) is 5.35. The number of hydrogen-bond acceptors (Lipinski definition) is 8. The Morgan fingerprint density at radius 2 is 0.873 bits per heavy atom. The average Bonchev–Trinajstić information content (AvgIpc) is 3.20. The maximum absolute atomic E-state index is 12.6. The molecule has 0 saturated heterocycles. The van der Waals surface area contributed by atoms with Crippen LogP contribution in [0.1, 0.15) is 68.3 Å². The first-order valence-electron chi connectivity index (χ1n) is 15.8. The van der Waals surface area contributed by atoms with Crippen molar-refractivity contribution in [2.75, 3.05) is 0 Å². The lowest BCUT2D eigenvalue weighted by molar-refractivity contribution is 0.111. The Kier molecular flexibility index (Phi) is 25.0. The van der Waals surface area contributed by atoms with E-state index in [4.69, 9.17) is 16.7 Å². The highest BCUT2D eigenvalue weighted by Gasteiger charge is 2.03. The van der Waals surface area contributed by atoms with E-state index in [9.17, 15) is 22.9 Å². The molecule has 55 heavy (non-hydrogen) atoms. The fraction of sp³-hybridized carbons (Fsp3) is 0.100. The summed E-state index contributed by atoms with van der Waals surface area (Å²) in [6.45, 7) is 3.67. The van der Waals surface area contributed by atoms with E-state index in [0.29, 0.717) is 17.4 Å². The molecule has 4 heterocycles. The van der Waals surface area contributed by atoms with Gasteiger partial charge in [-0.25, -0.2) is 8.78 Å². The van der Waals surface area contributed by atoms with Crippen molar-refractivity contribution in [2.45, 2.75) is 25.3 Å². The van der Waals surface area contributed by atoms with Crippen LogP contribution >= 0.6 is 50.5 Å². The topological polar surface area (TPSA) is 123 Å². The van der Waals surface area contributed by atoms with Crippen LogP contribution in [0.2, 0.25) is 0 Å². The smallest absolute Gasteiger partial charge is 0.339 e. The van der Waals surface area contributed by atoms with Crippen molar-refractivity contribution >= 4 is 63.1 Å². The molecule has 0 amide bonds. The monoisotopic (exact) mass is 844 g/mol. The van der Waals surface area contributed by atoms with Crippen LogP contribution in [0, 0.1) is 23.5 Å². The van der Waals surface area contributed by atoms with Crippen molar-refractivity contribution in [3.8, 4) is 11.8 Å². The zero-order chi connectivity index (χ0) is 40.9. The van der Waals surface area contributed by atoms with Crippen molar-refractivity contribution in [3.63, 3.8) is 0 Å². The average molecular weight is 847 g/mol. The molecule has 2 aromatic carbocycles. The van der Waals surface area contributed by atoms with Crippen molar-refractivity contribution in [2.24, 2.45) is 0 Å². The minimum absolute atomic E-state index is 0.0907. The lowest BCUT2D eigenvalue weighted by atomic mass is 10.2. The number of aliphatic hydroxyl groups excluding tert-OH is 1. The minimum atomic E-state index is -3.22. The Hall–Kier alpha value is -4.85. The summed E-state index contributed by atoms with van der Waals surface area (Å²) in [6.07, 6.45) is 14.5. The third kappa shape index (κ3) is 26.6. The van der Waals surface area contributed by atoms with Gasteiger partial charge in [0.25, 0.3) is 0 Å². The largest absolute Gasteiger partial charge is 0.389 e. The van der Waals surface area contributed by atoms with Gasteiger partial charge in [-0.2, -0.15) is 0 Å². The summed E-state index contributed by atoms with van der Waals surface area (Å²) in [5, 5.41) is 5.86. The van der Waals surface area contributed by atoms with Crippen LogP contribution in [0.5, 0.6) is 0 Å². The molecular formula is C40H35Cl4F2N4O4P. The van der Waals surface area contributed by atoms with Gasteiger partial charge in [-0.1, -0.05) is 11.8 Å². The van der Waals surface area contributed by atoms with Crippen LogP contribution in [0.25, 0.3) is 0 Å². The first-order chi connectivity index (χ1) is 26.2. The van der Waals surface area contributed by atoms with Crippen molar-refractivity contribution in [1.82, 2.24) is 19.9 Å². The lowest BCUT2D eigenvalue weighted by Gasteiger charge is -2.00. The maximum atomic E-state index is 12.6. The molecule has 0 aliphatic heterocycles. The standard InChI is InChI=1S/C13H8FN.C7H8ClN.C7H5FO.C7H9NO.C6H5NO.Cl3OP/c14-13-5-3-11(4-6-13)1-2-12-7-9-15-10-8-12;1-6(8)7-2-4-9-5-3-7;8-7-3-1-6(5-9)2-4-7;1-6(9)7-2-4-8-5-3-7;8-5-6-1-3-7-4-2-6;1-5(2,3)4/h3-10H;2-6H,1H3;1-5H;2-6,9H,1H3;1-5H;. The number of carbonyl (C=O) groups excluding carboxylic acids is 2. The fourth-order valence-corrected chi connectivity index (χ4v) is 3.51. The normalized spacial score (nSPS) is 10.6. The molecule has 0 aliphatic rings. The van der Waals surface area contributed by atoms with E-state index in [0.717, 1.165) is 28.5 Å². The Morgan fingerprint density at radius 3 is 1.18 bits per heavy atom. The van der Waals surface area contributed by atoms with Gasteiger partial charge in [0.15, 0.2) is 0 Å². The molecular weight excluding hydrogens is 811 g/mol. The number of pyridine rings is 4. The Balaban J connectivity index is 0.000000340. The summed E-state index contributed by atoms with van der Waals surface area (Å²) in [6, 6.07) is 25.9. The second kappa shape index (κ2) is 28.6. The van der Waals surface area contributed by atoms with Gasteiger partial charge in [0.2, 0.25) is 0 Å². The Labute approximate surface area is 338 Å². The predicted octanol–water partition coefficient (Wildman–Crippen LogP) is 11.5. The zero-order valence-corrected chi connectivity index (χ0v) is 33.3. The van der Waals surface area contributed by atoms with Crippen molar-refractivity contribution < 1.29 is 28.0 Å². The number of nitrogens with zero attached hydrogens (tertiary/aromatic N) is 4. The van der Waals surface area contributed by atoms with E-state index in [1.165, 1.54) is 36.4 Å². The van der Waals surface area contributed by atoms with Gasteiger partial charge in [0, 0.05) is 71.8 Å². The number of aldehydes is 2. The SMILES string of the molecule is CC(Cl)c1ccncc1.CC(O)c1ccncc1.Fc1ccc(C#Cc2ccncc2)cc1.O=Cc1ccc(F)cc1.O=Cc1ccncc1.O=P(Cl)(Cl)Cl. The molecule has 8 nitrogen and oxygen atoms in total. The molecule has 1 N–H and O–H groups in total. The molecule has 0 aliphatic carbocycles. The first-order valence-corrected chi connectivity index (χ1v) is 20.6. The summed E-state index contributed by atoms with van der Waals surface area (Å²) < 4.78 is 34.2. The molecule has 286 valence electrons. The number of aromatic nitrogens is 4. The second-order valence-electron chi connectivity index (χ2n) is 10.3. The molecule has 15 heteroatoms. The molecule has 6 rings (SSSR count). The second-order valence-corrected chi connectivity index (χ2v) is 17.6. The van der Waals surface area contributed by atoms with Gasteiger partial charge in [-0.3, -0.25) is 34.1 Å². The molecule has 0 fully saturated rings. The highest BCUT2D eigenvalue weighted by molar-refractivity contribution is 8.24. The van der Waals surface area contributed by atoms with E-state index in [2.05, 4.69) is 65.5 Å². The van der Waals surface area contributed by atoms with Gasteiger partial charge in [0.05, 0.1) is 11.5 Å². The number of halogens is 6. The van der Waals surface area contributed by atoms with E-state index < -0.39 is 5.20 Å². The quantitative estimate of drug-likeness (QED) is 0.0805. The molecule has 0 radical (unpaired) electrons.